The third-order valence-electron chi connectivity index (χ3n) is 2.97. The van der Waals surface area contributed by atoms with Gasteiger partial charge < -0.3 is 5.11 Å². The van der Waals surface area contributed by atoms with Crippen LogP contribution < -0.4 is 0 Å². The summed E-state index contributed by atoms with van der Waals surface area (Å²) in [6, 6.07) is 10.5. The van der Waals surface area contributed by atoms with Gasteiger partial charge in [0.1, 0.15) is 6.10 Å². The van der Waals surface area contributed by atoms with Crippen LogP contribution in [0.2, 0.25) is 0 Å². The lowest BCUT2D eigenvalue weighted by atomic mass is 9.99. The number of carbonyl (C=O) groups is 1. The number of aliphatic hydroxyl groups excluding tert-OH is 1. The number of hydrogen-bond donors (Lipinski definition) is 1. The van der Waals surface area contributed by atoms with E-state index < -0.39 is 33.1 Å². The van der Waals surface area contributed by atoms with E-state index in [-0.39, 0.29) is 5.56 Å². The Kier molecular flexibility index (Phi) is 4.23. The van der Waals surface area contributed by atoms with Crippen molar-refractivity contribution in [2.75, 3.05) is 0 Å². The minimum Gasteiger partial charge on any atom is -0.380 e. The molecule has 0 aromatic heterocycles. The molecule has 112 valence electrons. The van der Waals surface area contributed by atoms with Gasteiger partial charge in [-0.2, -0.15) is 0 Å². The lowest BCUT2D eigenvalue weighted by Gasteiger charge is -2.09. The average Bonchev–Trinajstić information content (AvgIpc) is 2.53. The first-order valence-electron chi connectivity index (χ1n) is 6.11. The molecular weight excluding hydrogens is 292 g/mol. The van der Waals surface area contributed by atoms with Crippen LogP contribution in [-0.2, 0) is 0 Å². The zero-order valence-corrected chi connectivity index (χ0v) is 11.1. The quantitative estimate of drug-likeness (QED) is 0.514. The molecule has 8 heteroatoms. The zero-order chi connectivity index (χ0) is 16.3. The summed E-state index contributed by atoms with van der Waals surface area (Å²) in [7, 11) is 0. The number of aliphatic hydroxyl groups is 1. The van der Waals surface area contributed by atoms with Gasteiger partial charge in [-0.3, -0.25) is 25.0 Å². The SMILES string of the molecule is O=C(c1cc([N+](=O)[O-])cc([N+](=O)[O-])c1)C(O)c1ccccc1. The summed E-state index contributed by atoms with van der Waals surface area (Å²) in [6.45, 7) is 0. The van der Waals surface area contributed by atoms with Crippen molar-refractivity contribution < 1.29 is 19.7 Å². The fraction of sp³-hybridized carbons (Fsp3) is 0.0714. The van der Waals surface area contributed by atoms with Crippen molar-refractivity contribution in [3.05, 3.63) is 79.9 Å². The maximum atomic E-state index is 12.2. The number of nitrogens with zero attached hydrogens (tertiary/aromatic N) is 2. The van der Waals surface area contributed by atoms with Crippen molar-refractivity contribution in [3.63, 3.8) is 0 Å². The standard InChI is InChI=1S/C14H10N2O6/c17-13(9-4-2-1-3-5-9)14(18)10-6-11(15(19)20)8-12(7-10)16(21)22/h1-8,13,17H. The van der Waals surface area contributed by atoms with Gasteiger partial charge in [-0.25, -0.2) is 0 Å². The highest BCUT2D eigenvalue weighted by Crippen LogP contribution is 2.26. The summed E-state index contributed by atoms with van der Waals surface area (Å²) in [6.07, 6.45) is -1.55. The van der Waals surface area contributed by atoms with Crippen LogP contribution in [0.25, 0.3) is 0 Å². The first-order valence-corrected chi connectivity index (χ1v) is 6.11. The van der Waals surface area contributed by atoms with Gasteiger partial charge in [0.05, 0.1) is 15.9 Å². The maximum absolute atomic E-state index is 12.2. The zero-order valence-electron chi connectivity index (χ0n) is 11.1. The van der Waals surface area contributed by atoms with Crippen molar-refractivity contribution >= 4 is 17.2 Å². The minimum atomic E-state index is -1.55. The highest BCUT2D eigenvalue weighted by Gasteiger charge is 2.24. The Hall–Kier alpha value is -3.13. The van der Waals surface area contributed by atoms with Gasteiger partial charge in [-0.15, -0.1) is 0 Å². The second kappa shape index (κ2) is 6.10. The Morgan fingerprint density at radius 3 is 1.91 bits per heavy atom. The van der Waals surface area contributed by atoms with E-state index in [4.69, 9.17) is 0 Å². The van der Waals surface area contributed by atoms with Crippen LogP contribution in [0.1, 0.15) is 22.0 Å². The Balaban J connectivity index is 2.45. The second-order valence-electron chi connectivity index (χ2n) is 4.43. The first-order chi connectivity index (χ1) is 10.4. The molecule has 2 aromatic rings. The number of rotatable bonds is 5. The van der Waals surface area contributed by atoms with Gasteiger partial charge in [0.25, 0.3) is 11.4 Å². The fourth-order valence-corrected chi connectivity index (χ4v) is 1.89. The molecule has 8 nitrogen and oxygen atoms in total. The lowest BCUT2D eigenvalue weighted by Crippen LogP contribution is -2.13. The molecule has 1 unspecified atom stereocenters. The molecule has 0 heterocycles. The largest absolute Gasteiger partial charge is 0.380 e. The van der Waals surface area contributed by atoms with E-state index >= 15 is 0 Å². The maximum Gasteiger partial charge on any atom is 0.277 e. The topological polar surface area (TPSA) is 124 Å². The molecule has 0 amide bonds. The Morgan fingerprint density at radius 1 is 0.955 bits per heavy atom. The summed E-state index contributed by atoms with van der Waals surface area (Å²) in [5.74, 6) is -0.849. The summed E-state index contributed by atoms with van der Waals surface area (Å²) >= 11 is 0. The van der Waals surface area contributed by atoms with Crippen LogP contribution in [0.5, 0.6) is 0 Å². The van der Waals surface area contributed by atoms with E-state index in [1.807, 2.05) is 0 Å². The molecular formula is C14H10N2O6. The smallest absolute Gasteiger partial charge is 0.277 e. The molecule has 0 radical (unpaired) electrons. The predicted octanol–water partition coefficient (Wildman–Crippen LogP) is 2.42. The molecule has 2 aromatic carbocycles. The number of Topliss-reactive ketones (excluding diaryl/α,β-unsaturated/α-hetero) is 1. The molecule has 22 heavy (non-hydrogen) atoms. The van der Waals surface area contributed by atoms with Gasteiger partial charge in [0, 0.05) is 17.7 Å². The molecule has 2 rings (SSSR count). The second-order valence-corrected chi connectivity index (χ2v) is 4.43. The summed E-state index contributed by atoms with van der Waals surface area (Å²) in [4.78, 5) is 32.1. The van der Waals surface area contributed by atoms with Crippen molar-refractivity contribution in [3.8, 4) is 0 Å². The van der Waals surface area contributed by atoms with Crippen LogP contribution in [0.3, 0.4) is 0 Å². The van der Waals surface area contributed by atoms with Gasteiger partial charge in [0.2, 0.25) is 0 Å². The van der Waals surface area contributed by atoms with E-state index in [1.165, 1.54) is 12.1 Å². The van der Waals surface area contributed by atoms with E-state index in [0.29, 0.717) is 5.56 Å². The molecule has 1 atom stereocenters. The molecule has 0 aliphatic rings. The molecule has 0 fully saturated rings. The van der Waals surface area contributed by atoms with Crippen LogP contribution in [0.4, 0.5) is 11.4 Å². The third kappa shape index (κ3) is 3.13. The van der Waals surface area contributed by atoms with Gasteiger partial charge in [0.15, 0.2) is 5.78 Å². The van der Waals surface area contributed by atoms with Crippen molar-refractivity contribution in [1.29, 1.82) is 0 Å². The Morgan fingerprint density at radius 2 is 1.45 bits per heavy atom. The number of nitro benzene ring substituents is 2. The third-order valence-corrected chi connectivity index (χ3v) is 2.97. The van der Waals surface area contributed by atoms with Crippen LogP contribution in [-0.4, -0.2) is 20.7 Å². The van der Waals surface area contributed by atoms with Gasteiger partial charge in [-0.05, 0) is 5.56 Å². The van der Waals surface area contributed by atoms with Crippen LogP contribution in [0.15, 0.2) is 48.5 Å². The minimum absolute atomic E-state index is 0.293. The van der Waals surface area contributed by atoms with Crippen molar-refractivity contribution in [2.45, 2.75) is 6.10 Å². The van der Waals surface area contributed by atoms with E-state index in [0.717, 1.165) is 18.2 Å². The van der Waals surface area contributed by atoms with Gasteiger partial charge in [-0.1, -0.05) is 30.3 Å². The van der Waals surface area contributed by atoms with Crippen LogP contribution in [0, 0.1) is 20.2 Å². The van der Waals surface area contributed by atoms with Crippen LogP contribution >= 0.6 is 0 Å². The highest BCUT2D eigenvalue weighted by atomic mass is 16.6. The number of benzene rings is 2. The summed E-state index contributed by atoms with van der Waals surface area (Å²) < 4.78 is 0. The Labute approximate surface area is 123 Å². The lowest BCUT2D eigenvalue weighted by molar-refractivity contribution is -0.394. The molecule has 0 bridgehead atoms. The van der Waals surface area contributed by atoms with E-state index in [9.17, 15) is 30.1 Å². The molecule has 1 N–H and O–H groups in total. The van der Waals surface area contributed by atoms with Crippen molar-refractivity contribution in [1.82, 2.24) is 0 Å². The molecule has 0 spiro atoms. The summed E-state index contributed by atoms with van der Waals surface area (Å²) in [5, 5.41) is 31.6. The average molecular weight is 302 g/mol. The number of hydrogen-bond acceptors (Lipinski definition) is 6. The Bertz CT molecular complexity index is 712. The first kappa shape index (κ1) is 15.3. The molecule has 0 saturated heterocycles. The number of non-ortho nitro benzene ring substituents is 2. The predicted molar refractivity (Wildman–Crippen MR) is 75.5 cm³/mol. The summed E-state index contributed by atoms with van der Waals surface area (Å²) in [5.41, 5.74) is -1.17. The van der Waals surface area contributed by atoms with E-state index in [1.54, 1.807) is 18.2 Å². The van der Waals surface area contributed by atoms with Crippen molar-refractivity contribution in [2.24, 2.45) is 0 Å². The monoisotopic (exact) mass is 302 g/mol. The molecule has 0 aliphatic heterocycles. The number of carbonyl (C=O) groups excluding carboxylic acids is 1. The van der Waals surface area contributed by atoms with E-state index in [2.05, 4.69) is 0 Å². The normalized spacial score (nSPS) is 11.7. The number of ketones is 1. The van der Waals surface area contributed by atoms with Gasteiger partial charge >= 0.3 is 0 Å². The number of nitro groups is 2. The highest BCUT2D eigenvalue weighted by molar-refractivity contribution is 6.00. The molecule has 0 aliphatic carbocycles. The molecule has 0 saturated carbocycles. The fourth-order valence-electron chi connectivity index (χ4n) is 1.89.